The first-order chi connectivity index (χ1) is 24.3. The van der Waals surface area contributed by atoms with E-state index in [-0.39, 0.29) is 35.9 Å². The molecule has 2 saturated heterocycles. The Balaban J connectivity index is 1.31. The molecule has 2 saturated carbocycles. The first-order valence-corrected chi connectivity index (χ1v) is 18.2. The van der Waals surface area contributed by atoms with Crippen LogP contribution in [-0.4, -0.2) is 39.7 Å². The highest BCUT2D eigenvalue weighted by Gasteiger charge is 2.70. The van der Waals surface area contributed by atoms with Gasteiger partial charge in [0.25, 0.3) is 0 Å². The SMILES string of the molecule is O=C1[C@@H]2C[C@@H]3C(=CC[C@@H]4C(=O)N(C5CCCCC5)C(=O)[C@@H]43)[C@H](c3c(O)ccc4ccccc34)[C@]2(c2ccccc2)C(=O)N1c1cccc(Cl)c1. The number of allylic oxidation sites excluding steroid dienone is 2. The number of phenolic OH excluding ortho intramolecular Hbond substituents is 1. The maximum Gasteiger partial charge on any atom is 0.246 e. The highest BCUT2D eigenvalue weighted by Crippen LogP contribution is 2.66. The molecule has 7 nitrogen and oxygen atoms in total. The Bertz CT molecular complexity index is 2120. The summed E-state index contributed by atoms with van der Waals surface area (Å²) in [5, 5.41) is 14.0. The fourth-order valence-corrected chi connectivity index (χ4v) is 10.6. The second-order valence-electron chi connectivity index (χ2n) is 14.7. The summed E-state index contributed by atoms with van der Waals surface area (Å²) in [6.45, 7) is 0. The van der Waals surface area contributed by atoms with E-state index in [0.29, 0.717) is 28.3 Å². The first-order valence-electron chi connectivity index (χ1n) is 17.8. The minimum absolute atomic E-state index is 0.0190. The summed E-state index contributed by atoms with van der Waals surface area (Å²) in [6.07, 6.45) is 7.37. The molecule has 6 atom stereocenters. The summed E-state index contributed by atoms with van der Waals surface area (Å²) in [6, 6.07) is 27.4. The molecule has 2 heterocycles. The number of imide groups is 2. The average Bonchev–Trinajstić information content (AvgIpc) is 3.53. The number of rotatable bonds is 4. The van der Waals surface area contributed by atoms with Crippen LogP contribution >= 0.6 is 11.6 Å². The van der Waals surface area contributed by atoms with Crippen LogP contribution in [0.5, 0.6) is 5.75 Å². The normalized spacial score (nSPS) is 29.6. The van der Waals surface area contributed by atoms with E-state index in [9.17, 15) is 14.7 Å². The van der Waals surface area contributed by atoms with E-state index in [1.165, 1.54) is 4.90 Å². The zero-order valence-electron chi connectivity index (χ0n) is 27.5. The second-order valence-corrected chi connectivity index (χ2v) is 15.1. The molecule has 2 aliphatic heterocycles. The predicted octanol–water partition coefficient (Wildman–Crippen LogP) is 7.69. The fourth-order valence-electron chi connectivity index (χ4n) is 10.4. The van der Waals surface area contributed by atoms with Crippen molar-refractivity contribution >= 4 is 51.7 Å². The van der Waals surface area contributed by atoms with E-state index in [1.54, 1.807) is 35.2 Å². The van der Waals surface area contributed by atoms with Crippen LogP contribution in [-0.2, 0) is 24.6 Å². The molecule has 0 spiro atoms. The van der Waals surface area contributed by atoms with Crippen molar-refractivity contribution in [3.8, 4) is 5.75 Å². The number of phenols is 1. The Morgan fingerprint density at radius 1 is 0.760 bits per heavy atom. The number of nitrogens with zero attached hydrogens (tertiary/aromatic N) is 2. The molecule has 4 amide bonds. The lowest BCUT2D eigenvalue weighted by Gasteiger charge is -2.51. The van der Waals surface area contributed by atoms with Crippen molar-refractivity contribution in [2.45, 2.75) is 62.3 Å². The predicted molar refractivity (Wildman–Crippen MR) is 190 cm³/mol. The lowest BCUT2D eigenvalue weighted by molar-refractivity contribution is -0.143. The van der Waals surface area contributed by atoms with E-state index in [2.05, 4.69) is 6.08 Å². The maximum absolute atomic E-state index is 15.5. The summed E-state index contributed by atoms with van der Waals surface area (Å²) in [7, 11) is 0. The van der Waals surface area contributed by atoms with E-state index >= 15 is 9.59 Å². The van der Waals surface area contributed by atoms with Crippen LogP contribution in [0.25, 0.3) is 10.8 Å². The third kappa shape index (κ3) is 4.28. The van der Waals surface area contributed by atoms with E-state index in [1.807, 2.05) is 60.7 Å². The van der Waals surface area contributed by atoms with Gasteiger partial charge in [-0.1, -0.05) is 109 Å². The molecular weight excluding hydrogens is 648 g/mol. The van der Waals surface area contributed by atoms with Gasteiger partial charge in [0, 0.05) is 22.5 Å². The van der Waals surface area contributed by atoms with Crippen molar-refractivity contribution in [1.29, 1.82) is 0 Å². The Hall–Kier alpha value is -4.75. The van der Waals surface area contributed by atoms with Gasteiger partial charge >= 0.3 is 0 Å². The number of hydrogen-bond acceptors (Lipinski definition) is 5. The largest absolute Gasteiger partial charge is 0.508 e. The molecule has 9 rings (SSSR count). The number of carbonyl (C=O) groups excluding carboxylic acids is 4. The molecular formula is C42H37ClN2O5. The number of likely N-dealkylation sites (tertiary alicyclic amines) is 1. The van der Waals surface area contributed by atoms with Crippen LogP contribution in [0.4, 0.5) is 5.69 Å². The van der Waals surface area contributed by atoms with E-state index in [0.717, 1.165) is 48.4 Å². The van der Waals surface area contributed by atoms with Gasteiger partial charge in [-0.15, -0.1) is 0 Å². The summed E-state index contributed by atoms with van der Waals surface area (Å²) < 4.78 is 0. The van der Waals surface area contributed by atoms with Gasteiger partial charge < -0.3 is 5.11 Å². The number of halogens is 1. The van der Waals surface area contributed by atoms with Gasteiger partial charge in [-0.2, -0.15) is 0 Å². The van der Waals surface area contributed by atoms with Crippen LogP contribution < -0.4 is 4.90 Å². The van der Waals surface area contributed by atoms with Gasteiger partial charge in [0.1, 0.15) is 5.75 Å². The minimum Gasteiger partial charge on any atom is -0.508 e. The molecule has 50 heavy (non-hydrogen) atoms. The van der Waals surface area contributed by atoms with Crippen molar-refractivity contribution in [1.82, 2.24) is 4.90 Å². The molecule has 4 aromatic rings. The zero-order chi connectivity index (χ0) is 34.3. The van der Waals surface area contributed by atoms with Crippen molar-refractivity contribution in [3.05, 3.63) is 119 Å². The molecule has 4 fully saturated rings. The number of benzene rings is 4. The smallest absolute Gasteiger partial charge is 0.246 e. The third-order valence-corrected chi connectivity index (χ3v) is 12.6. The minimum atomic E-state index is -1.45. The Morgan fingerprint density at radius 3 is 2.30 bits per heavy atom. The van der Waals surface area contributed by atoms with Crippen molar-refractivity contribution < 1.29 is 24.3 Å². The van der Waals surface area contributed by atoms with Crippen molar-refractivity contribution in [2.75, 3.05) is 4.90 Å². The van der Waals surface area contributed by atoms with Crippen molar-refractivity contribution in [2.24, 2.45) is 23.7 Å². The molecule has 3 aliphatic carbocycles. The lowest BCUT2D eigenvalue weighted by atomic mass is 9.48. The number of aromatic hydroxyl groups is 1. The molecule has 252 valence electrons. The topological polar surface area (TPSA) is 95.0 Å². The van der Waals surface area contributed by atoms with Crippen molar-refractivity contribution in [3.63, 3.8) is 0 Å². The van der Waals surface area contributed by atoms with Gasteiger partial charge in [-0.3, -0.25) is 24.1 Å². The summed E-state index contributed by atoms with van der Waals surface area (Å²) in [5.41, 5.74) is 1.000. The second kappa shape index (κ2) is 11.7. The quantitative estimate of drug-likeness (QED) is 0.176. The summed E-state index contributed by atoms with van der Waals surface area (Å²) in [4.78, 5) is 62.0. The fraction of sp³-hybridized carbons (Fsp3) is 0.333. The van der Waals surface area contributed by atoms with Crippen LogP contribution in [0.2, 0.25) is 5.02 Å². The average molecular weight is 685 g/mol. The number of hydrogen-bond donors (Lipinski definition) is 1. The Labute approximate surface area is 295 Å². The van der Waals surface area contributed by atoms with Gasteiger partial charge in [-0.05, 0) is 72.2 Å². The van der Waals surface area contributed by atoms with Gasteiger partial charge in [0.15, 0.2) is 0 Å². The monoisotopic (exact) mass is 684 g/mol. The molecule has 4 aromatic carbocycles. The van der Waals surface area contributed by atoms with Crippen LogP contribution in [0.1, 0.15) is 62.0 Å². The maximum atomic E-state index is 15.5. The van der Waals surface area contributed by atoms with Crippen LogP contribution in [0, 0.1) is 23.7 Å². The zero-order valence-corrected chi connectivity index (χ0v) is 28.3. The summed E-state index contributed by atoms with van der Waals surface area (Å²) >= 11 is 6.44. The number of carbonyl (C=O) groups is 4. The molecule has 0 bridgehead atoms. The standard InChI is InChI=1S/C42H37ClN2O5/c43-26-13-9-16-28(22-26)45-39(48)33-23-32-30(19-20-31-35(32)40(49)44(38(31)47)27-14-5-2-6-15-27)37(42(33,41(45)50)25-11-3-1-4-12-25)36-29-17-8-7-10-24(29)18-21-34(36)46/h1,3-4,7-13,16-19,21-22,27,31-33,35,37,46H,2,5-6,14-15,20,23H2/t31-,32+,33-,35-,37+,42+/m0/s1. The van der Waals surface area contributed by atoms with E-state index in [4.69, 9.17) is 11.6 Å². The highest BCUT2D eigenvalue weighted by atomic mass is 35.5. The third-order valence-electron chi connectivity index (χ3n) is 12.4. The number of anilines is 1. The van der Waals surface area contributed by atoms with Crippen LogP contribution in [0.3, 0.4) is 0 Å². The molecule has 8 heteroatoms. The highest BCUT2D eigenvalue weighted by molar-refractivity contribution is 6.32. The number of fused-ring (bicyclic) bond motifs is 5. The number of amides is 4. The van der Waals surface area contributed by atoms with Gasteiger partial charge in [0.2, 0.25) is 23.6 Å². The lowest BCUT2D eigenvalue weighted by Crippen LogP contribution is -2.53. The van der Waals surface area contributed by atoms with Crippen LogP contribution in [0.15, 0.2) is 103 Å². The van der Waals surface area contributed by atoms with E-state index < -0.39 is 40.9 Å². The molecule has 5 aliphatic rings. The molecule has 0 radical (unpaired) electrons. The van der Waals surface area contributed by atoms with Gasteiger partial charge in [-0.25, -0.2) is 4.90 Å². The molecule has 0 unspecified atom stereocenters. The molecule has 0 aromatic heterocycles. The summed E-state index contributed by atoms with van der Waals surface area (Å²) in [5.74, 6) is -4.31. The van der Waals surface area contributed by atoms with Gasteiger partial charge in [0.05, 0.1) is 28.9 Å². The Morgan fingerprint density at radius 2 is 1.52 bits per heavy atom. The Kier molecular flexibility index (Phi) is 7.29. The molecule has 1 N–H and O–H groups in total. The first kappa shape index (κ1) is 31.2.